The van der Waals surface area contributed by atoms with Crippen LogP contribution in [0.25, 0.3) is 0 Å². The summed E-state index contributed by atoms with van der Waals surface area (Å²) in [7, 11) is 1.61. The van der Waals surface area contributed by atoms with Crippen LogP contribution in [0.3, 0.4) is 0 Å². The molecule has 0 bridgehead atoms. The van der Waals surface area contributed by atoms with Crippen LogP contribution in [0.15, 0.2) is 18.2 Å². The third-order valence-corrected chi connectivity index (χ3v) is 5.53. The molecule has 0 aliphatic heterocycles. The van der Waals surface area contributed by atoms with Crippen molar-refractivity contribution < 1.29 is 9.84 Å². The Morgan fingerprint density at radius 2 is 1.76 bits per heavy atom. The number of aliphatic hydroxyl groups excluding tert-OH is 1. The van der Waals surface area contributed by atoms with Crippen molar-refractivity contribution in [2.24, 2.45) is 5.92 Å². The van der Waals surface area contributed by atoms with E-state index in [0.29, 0.717) is 28.5 Å². The lowest BCUT2D eigenvalue weighted by Crippen LogP contribution is -2.16. The maximum absolute atomic E-state index is 11.5. The number of ether oxygens (including phenoxy) is 1. The lowest BCUT2D eigenvalue weighted by molar-refractivity contribution is 0.216. The first-order valence-corrected chi connectivity index (χ1v) is 10.2. The van der Waals surface area contributed by atoms with E-state index >= 15 is 0 Å². The number of hydrogen-bond donors (Lipinski definition) is 1. The van der Waals surface area contributed by atoms with Gasteiger partial charge in [0.15, 0.2) is 0 Å². The summed E-state index contributed by atoms with van der Waals surface area (Å²) in [6.07, 6.45) is 3.07. The fourth-order valence-electron chi connectivity index (χ4n) is 3.95. The van der Waals surface area contributed by atoms with E-state index in [4.69, 9.17) is 9.72 Å². The first-order chi connectivity index (χ1) is 13.9. The van der Waals surface area contributed by atoms with E-state index in [1.807, 2.05) is 0 Å². The Hall–Kier alpha value is -2.89. The Balaban J connectivity index is 2.28. The Kier molecular flexibility index (Phi) is 6.20. The molecule has 150 valence electrons. The minimum Gasteiger partial charge on any atom is -0.481 e. The largest absolute Gasteiger partial charge is 0.481 e. The number of pyridine rings is 1. The Labute approximate surface area is 172 Å². The molecule has 2 aromatic rings. The van der Waals surface area contributed by atoms with Crippen molar-refractivity contribution in [2.45, 2.75) is 58.5 Å². The van der Waals surface area contributed by atoms with Crippen LogP contribution in [0.5, 0.6) is 5.88 Å². The van der Waals surface area contributed by atoms with Crippen molar-refractivity contribution in [2.75, 3.05) is 7.11 Å². The molecule has 1 unspecified atom stereocenters. The van der Waals surface area contributed by atoms with Gasteiger partial charge in [-0.1, -0.05) is 20.8 Å². The maximum Gasteiger partial charge on any atom is 0.217 e. The van der Waals surface area contributed by atoms with Crippen LogP contribution in [-0.4, -0.2) is 17.2 Å². The summed E-state index contributed by atoms with van der Waals surface area (Å²) >= 11 is 0. The second kappa shape index (κ2) is 8.64. The molecular weight excluding hydrogens is 362 g/mol. The number of aryl methyl sites for hydroxylation is 1. The van der Waals surface area contributed by atoms with Gasteiger partial charge in [-0.05, 0) is 72.4 Å². The quantitative estimate of drug-likeness (QED) is 0.750. The zero-order chi connectivity index (χ0) is 21.1. The molecule has 1 heterocycles. The zero-order valence-electron chi connectivity index (χ0n) is 17.5. The maximum atomic E-state index is 11.5. The van der Waals surface area contributed by atoms with Crippen LogP contribution in [0.4, 0.5) is 0 Å². The van der Waals surface area contributed by atoms with E-state index in [0.717, 1.165) is 35.2 Å². The highest BCUT2D eigenvalue weighted by Crippen LogP contribution is 2.42. The molecular formula is C24H27N3O2. The van der Waals surface area contributed by atoms with E-state index < -0.39 is 6.10 Å². The van der Waals surface area contributed by atoms with Gasteiger partial charge in [-0.25, -0.2) is 4.98 Å². The fourth-order valence-corrected chi connectivity index (χ4v) is 3.95. The van der Waals surface area contributed by atoms with Crippen molar-refractivity contribution in [3.8, 4) is 18.0 Å². The van der Waals surface area contributed by atoms with Crippen LogP contribution in [0.2, 0.25) is 0 Å². The van der Waals surface area contributed by atoms with Gasteiger partial charge in [0.25, 0.3) is 0 Å². The van der Waals surface area contributed by atoms with Gasteiger partial charge in [-0.2, -0.15) is 10.5 Å². The number of nitrogens with zero attached hydrogens (tertiary/aromatic N) is 3. The molecule has 0 spiro atoms. The molecule has 1 aromatic heterocycles. The first-order valence-electron chi connectivity index (χ1n) is 10.2. The topological polar surface area (TPSA) is 89.9 Å². The highest BCUT2D eigenvalue weighted by molar-refractivity contribution is 5.52. The number of benzene rings is 1. The summed E-state index contributed by atoms with van der Waals surface area (Å²) in [5.74, 6) is 1.27. The van der Waals surface area contributed by atoms with Crippen LogP contribution in [-0.2, 0) is 12.8 Å². The van der Waals surface area contributed by atoms with E-state index in [1.165, 1.54) is 18.9 Å². The highest BCUT2D eigenvalue weighted by Gasteiger charge is 2.31. The van der Waals surface area contributed by atoms with Gasteiger partial charge >= 0.3 is 0 Å². The fraction of sp³-hybridized carbons (Fsp3) is 0.458. The summed E-state index contributed by atoms with van der Waals surface area (Å²) in [4.78, 5) is 4.78. The smallest absolute Gasteiger partial charge is 0.217 e. The van der Waals surface area contributed by atoms with E-state index in [9.17, 15) is 15.6 Å². The molecule has 1 aliphatic rings. The molecule has 3 rings (SSSR count). The molecule has 0 radical (unpaired) electrons. The molecule has 1 saturated carbocycles. The highest BCUT2D eigenvalue weighted by atomic mass is 16.5. The average Bonchev–Trinajstić information content (AvgIpc) is 3.56. The standard InChI is InChI=1S/C24H27N3O2/c1-5-20-19(11-15-6-7-15)22(21(14(2)3)24(27-20)29-4)23(28)18-9-16(12-25)8-17(10-18)13-26/h8-10,14-15,23,28H,5-7,11H2,1-4H3. The van der Waals surface area contributed by atoms with Gasteiger partial charge < -0.3 is 9.84 Å². The van der Waals surface area contributed by atoms with Gasteiger partial charge in [0, 0.05) is 11.3 Å². The second-order valence-corrected chi connectivity index (χ2v) is 8.00. The SMILES string of the molecule is CCc1nc(OC)c(C(C)C)c(C(O)c2cc(C#N)cc(C#N)c2)c1CC1CC1. The Morgan fingerprint density at radius 1 is 1.14 bits per heavy atom. The molecule has 5 heteroatoms. The summed E-state index contributed by atoms with van der Waals surface area (Å²) in [5, 5.41) is 30.2. The number of methoxy groups -OCH3 is 1. The molecule has 0 amide bonds. The second-order valence-electron chi connectivity index (χ2n) is 8.00. The van der Waals surface area contributed by atoms with Crippen LogP contribution >= 0.6 is 0 Å². The van der Waals surface area contributed by atoms with E-state index in [2.05, 4.69) is 32.9 Å². The minimum absolute atomic E-state index is 0.0977. The molecule has 1 fully saturated rings. The monoisotopic (exact) mass is 389 g/mol. The van der Waals surface area contributed by atoms with Gasteiger partial charge in [-0.15, -0.1) is 0 Å². The Bertz CT molecular complexity index is 962. The molecule has 1 aliphatic carbocycles. The van der Waals surface area contributed by atoms with Crippen LogP contribution in [0.1, 0.15) is 84.7 Å². The normalized spacial score (nSPS) is 14.3. The van der Waals surface area contributed by atoms with Crippen LogP contribution in [0, 0.1) is 28.6 Å². The van der Waals surface area contributed by atoms with Crippen molar-refractivity contribution in [3.63, 3.8) is 0 Å². The van der Waals surface area contributed by atoms with Crippen molar-refractivity contribution >= 4 is 0 Å². The van der Waals surface area contributed by atoms with E-state index in [-0.39, 0.29) is 5.92 Å². The molecule has 0 saturated heterocycles. The first kappa shape index (κ1) is 20.8. The molecule has 1 N–H and O–H groups in total. The van der Waals surface area contributed by atoms with Crippen molar-refractivity contribution in [3.05, 3.63) is 57.3 Å². The Morgan fingerprint density at radius 3 is 2.21 bits per heavy atom. The third kappa shape index (κ3) is 4.26. The van der Waals surface area contributed by atoms with Gasteiger partial charge in [0.1, 0.15) is 6.10 Å². The summed E-state index contributed by atoms with van der Waals surface area (Å²) in [6, 6.07) is 9.04. The summed E-state index contributed by atoms with van der Waals surface area (Å²) < 4.78 is 5.61. The lowest BCUT2D eigenvalue weighted by atomic mass is 9.84. The number of rotatable bonds is 7. The minimum atomic E-state index is -0.955. The van der Waals surface area contributed by atoms with Crippen LogP contribution < -0.4 is 4.74 Å². The van der Waals surface area contributed by atoms with Gasteiger partial charge in [0.05, 0.1) is 30.4 Å². The third-order valence-electron chi connectivity index (χ3n) is 5.53. The molecule has 1 atom stereocenters. The number of aliphatic hydroxyl groups is 1. The number of hydrogen-bond acceptors (Lipinski definition) is 5. The van der Waals surface area contributed by atoms with Crippen molar-refractivity contribution in [1.29, 1.82) is 10.5 Å². The zero-order valence-corrected chi connectivity index (χ0v) is 17.5. The summed E-state index contributed by atoms with van der Waals surface area (Å²) in [5.41, 5.74) is 5.05. The average molecular weight is 389 g/mol. The lowest BCUT2D eigenvalue weighted by Gasteiger charge is -2.26. The summed E-state index contributed by atoms with van der Waals surface area (Å²) in [6.45, 7) is 6.19. The van der Waals surface area contributed by atoms with Crippen molar-refractivity contribution in [1.82, 2.24) is 4.98 Å². The van der Waals surface area contributed by atoms with Gasteiger partial charge in [-0.3, -0.25) is 0 Å². The molecule has 1 aromatic carbocycles. The predicted molar refractivity (Wildman–Crippen MR) is 111 cm³/mol. The molecule has 5 nitrogen and oxygen atoms in total. The van der Waals surface area contributed by atoms with E-state index in [1.54, 1.807) is 19.2 Å². The predicted octanol–water partition coefficient (Wildman–Crippen LogP) is 4.55. The number of aromatic nitrogens is 1. The van der Waals surface area contributed by atoms with Gasteiger partial charge in [0.2, 0.25) is 5.88 Å². The molecule has 29 heavy (non-hydrogen) atoms. The number of nitriles is 2.